The second-order valence-electron chi connectivity index (χ2n) is 4.27. The van der Waals surface area contributed by atoms with Crippen LogP contribution >= 0.6 is 0 Å². The summed E-state index contributed by atoms with van der Waals surface area (Å²) in [6.07, 6.45) is 0. The van der Waals surface area contributed by atoms with Crippen LogP contribution in [0.5, 0.6) is 0 Å². The number of halogens is 1. The van der Waals surface area contributed by atoms with Crippen LogP contribution in [0.2, 0.25) is 0 Å². The first-order valence-electron chi connectivity index (χ1n) is 5.82. The van der Waals surface area contributed by atoms with Crippen LogP contribution < -0.4 is 11.1 Å². The summed E-state index contributed by atoms with van der Waals surface area (Å²) in [5.74, 6) is -0.170. The topological polar surface area (TPSA) is 38.0 Å². The van der Waals surface area contributed by atoms with Gasteiger partial charge in [-0.25, -0.2) is 4.39 Å². The molecule has 0 saturated heterocycles. The minimum atomic E-state index is -0.170. The fraction of sp³-hybridized carbons (Fsp3) is 0.286. The van der Waals surface area contributed by atoms with E-state index in [0.29, 0.717) is 18.5 Å². The van der Waals surface area contributed by atoms with Gasteiger partial charge in [-0.1, -0.05) is 30.3 Å². The van der Waals surface area contributed by atoms with Crippen LogP contribution in [0.4, 0.5) is 4.39 Å². The van der Waals surface area contributed by atoms with Crippen molar-refractivity contribution in [2.24, 2.45) is 5.73 Å². The summed E-state index contributed by atoms with van der Waals surface area (Å²) in [5, 5.41) is 4.95. The van der Waals surface area contributed by atoms with Gasteiger partial charge < -0.3 is 11.1 Å². The van der Waals surface area contributed by atoms with Gasteiger partial charge in [0.05, 0.1) is 0 Å². The number of hydrogen-bond acceptors (Lipinski definition) is 2. The molecule has 0 amide bonds. The maximum Gasteiger partial charge on any atom is 0.131 e. The molecule has 3 N–H and O–H groups in total. The standard InChI is InChI=1S/C14H17FN2/c1-10(8-16)17-9-11-6-7-14(15)13-5-3-2-4-12(11)13/h2-7,10,17H,8-9,16H2,1H3/t10-/m1/s1. The molecule has 0 fully saturated rings. The van der Waals surface area contributed by atoms with E-state index in [4.69, 9.17) is 5.73 Å². The smallest absolute Gasteiger partial charge is 0.131 e. The Hall–Kier alpha value is -1.45. The molecule has 0 aliphatic rings. The van der Waals surface area contributed by atoms with Crippen molar-refractivity contribution < 1.29 is 4.39 Å². The molecule has 2 aromatic carbocycles. The second-order valence-corrected chi connectivity index (χ2v) is 4.27. The third-order valence-electron chi connectivity index (χ3n) is 2.96. The van der Waals surface area contributed by atoms with Crippen molar-refractivity contribution in [2.45, 2.75) is 19.5 Å². The molecular weight excluding hydrogens is 215 g/mol. The van der Waals surface area contributed by atoms with Crippen molar-refractivity contribution in [3.8, 4) is 0 Å². The Bertz CT molecular complexity index is 511. The van der Waals surface area contributed by atoms with Crippen LogP contribution in [-0.4, -0.2) is 12.6 Å². The monoisotopic (exact) mass is 232 g/mol. The highest BCUT2D eigenvalue weighted by atomic mass is 19.1. The Morgan fingerprint density at radius 3 is 2.59 bits per heavy atom. The van der Waals surface area contributed by atoms with Crippen molar-refractivity contribution in [1.29, 1.82) is 0 Å². The van der Waals surface area contributed by atoms with E-state index in [1.807, 2.05) is 31.2 Å². The fourth-order valence-corrected chi connectivity index (χ4v) is 1.85. The van der Waals surface area contributed by atoms with Crippen LogP contribution in [0.15, 0.2) is 36.4 Å². The second kappa shape index (κ2) is 5.25. The maximum absolute atomic E-state index is 13.6. The Morgan fingerprint density at radius 2 is 1.88 bits per heavy atom. The first-order chi connectivity index (χ1) is 8.22. The molecule has 2 aromatic rings. The van der Waals surface area contributed by atoms with E-state index >= 15 is 0 Å². The zero-order valence-corrected chi connectivity index (χ0v) is 9.91. The van der Waals surface area contributed by atoms with E-state index in [1.165, 1.54) is 6.07 Å². The van der Waals surface area contributed by atoms with Crippen molar-refractivity contribution in [2.75, 3.05) is 6.54 Å². The van der Waals surface area contributed by atoms with E-state index in [9.17, 15) is 4.39 Å². The third-order valence-corrected chi connectivity index (χ3v) is 2.96. The lowest BCUT2D eigenvalue weighted by atomic mass is 10.0. The van der Waals surface area contributed by atoms with Crippen molar-refractivity contribution >= 4 is 10.8 Å². The Kier molecular flexibility index (Phi) is 3.71. The molecule has 0 spiro atoms. The van der Waals surface area contributed by atoms with Gasteiger partial charge >= 0.3 is 0 Å². The van der Waals surface area contributed by atoms with Gasteiger partial charge in [0.15, 0.2) is 0 Å². The predicted molar refractivity (Wildman–Crippen MR) is 69.3 cm³/mol. The number of nitrogens with one attached hydrogen (secondary N) is 1. The molecule has 2 nitrogen and oxygen atoms in total. The molecule has 17 heavy (non-hydrogen) atoms. The molecule has 0 saturated carbocycles. The lowest BCUT2D eigenvalue weighted by Crippen LogP contribution is -2.32. The number of nitrogens with two attached hydrogens (primary N) is 1. The summed E-state index contributed by atoms with van der Waals surface area (Å²) < 4.78 is 13.6. The zero-order valence-electron chi connectivity index (χ0n) is 9.91. The van der Waals surface area contributed by atoms with Gasteiger partial charge in [0.2, 0.25) is 0 Å². The van der Waals surface area contributed by atoms with Gasteiger partial charge in [0.1, 0.15) is 5.82 Å². The summed E-state index contributed by atoms with van der Waals surface area (Å²) in [4.78, 5) is 0. The Balaban J connectivity index is 2.32. The molecule has 3 heteroatoms. The molecular formula is C14H17FN2. The Morgan fingerprint density at radius 1 is 1.18 bits per heavy atom. The predicted octanol–water partition coefficient (Wildman–Crippen LogP) is 2.42. The van der Waals surface area contributed by atoms with Gasteiger partial charge in [0.25, 0.3) is 0 Å². The van der Waals surface area contributed by atoms with Gasteiger partial charge in [-0.15, -0.1) is 0 Å². The van der Waals surface area contributed by atoms with Crippen LogP contribution in [0.3, 0.4) is 0 Å². The average Bonchev–Trinajstić information content (AvgIpc) is 2.38. The van der Waals surface area contributed by atoms with Crippen LogP contribution in [0.25, 0.3) is 10.8 Å². The SMILES string of the molecule is C[C@H](CN)NCc1ccc(F)c2ccccc12. The van der Waals surface area contributed by atoms with Crippen LogP contribution in [0.1, 0.15) is 12.5 Å². The van der Waals surface area contributed by atoms with Gasteiger partial charge in [-0.2, -0.15) is 0 Å². The van der Waals surface area contributed by atoms with Gasteiger partial charge in [0, 0.05) is 24.5 Å². The summed E-state index contributed by atoms with van der Waals surface area (Å²) >= 11 is 0. The minimum absolute atomic E-state index is 0.170. The molecule has 0 aliphatic heterocycles. The lowest BCUT2D eigenvalue weighted by molar-refractivity contribution is 0.557. The van der Waals surface area contributed by atoms with E-state index in [1.54, 1.807) is 6.07 Å². The number of fused-ring (bicyclic) bond motifs is 1. The van der Waals surface area contributed by atoms with E-state index in [0.717, 1.165) is 10.9 Å². The third kappa shape index (κ3) is 2.62. The molecule has 0 radical (unpaired) electrons. The van der Waals surface area contributed by atoms with Crippen LogP contribution in [-0.2, 0) is 6.54 Å². The maximum atomic E-state index is 13.6. The van der Waals surface area contributed by atoms with Crippen molar-refractivity contribution in [3.63, 3.8) is 0 Å². The fourth-order valence-electron chi connectivity index (χ4n) is 1.85. The molecule has 1 atom stereocenters. The first-order valence-corrected chi connectivity index (χ1v) is 5.82. The van der Waals surface area contributed by atoms with Crippen LogP contribution in [0, 0.1) is 5.82 Å². The summed E-state index contributed by atoms with van der Waals surface area (Å²) in [7, 11) is 0. The quantitative estimate of drug-likeness (QED) is 0.849. The van der Waals surface area contributed by atoms with E-state index in [2.05, 4.69) is 5.32 Å². The Labute approximate surface area is 101 Å². The van der Waals surface area contributed by atoms with Gasteiger partial charge in [-0.05, 0) is 23.9 Å². The summed E-state index contributed by atoms with van der Waals surface area (Å²) in [6, 6.07) is 11.1. The number of rotatable bonds is 4. The summed E-state index contributed by atoms with van der Waals surface area (Å²) in [5.41, 5.74) is 6.65. The molecule has 0 heterocycles. The first kappa shape index (κ1) is 12.0. The van der Waals surface area contributed by atoms with Crippen molar-refractivity contribution in [1.82, 2.24) is 5.32 Å². The molecule has 0 aromatic heterocycles. The highest BCUT2D eigenvalue weighted by Gasteiger charge is 2.06. The highest BCUT2D eigenvalue weighted by molar-refractivity contribution is 5.86. The molecule has 90 valence electrons. The molecule has 0 aliphatic carbocycles. The normalized spacial score (nSPS) is 12.9. The minimum Gasteiger partial charge on any atom is -0.329 e. The molecule has 0 unspecified atom stereocenters. The number of hydrogen-bond donors (Lipinski definition) is 2. The molecule has 2 rings (SSSR count). The summed E-state index contributed by atoms with van der Waals surface area (Å²) in [6.45, 7) is 3.34. The highest BCUT2D eigenvalue weighted by Crippen LogP contribution is 2.21. The van der Waals surface area contributed by atoms with E-state index < -0.39 is 0 Å². The van der Waals surface area contributed by atoms with Crippen molar-refractivity contribution in [3.05, 3.63) is 47.8 Å². The molecule has 0 bridgehead atoms. The lowest BCUT2D eigenvalue weighted by Gasteiger charge is -2.13. The number of benzene rings is 2. The average molecular weight is 232 g/mol. The zero-order chi connectivity index (χ0) is 12.3. The van der Waals surface area contributed by atoms with E-state index in [-0.39, 0.29) is 11.9 Å². The van der Waals surface area contributed by atoms with Gasteiger partial charge in [-0.3, -0.25) is 0 Å². The largest absolute Gasteiger partial charge is 0.329 e.